The first kappa shape index (κ1) is 20.6. The zero-order valence-electron chi connectivity index (χ0n) is 14.9. The lowest BCUT2D eigenvalue weighted by Gasteiger charge is -2.13. The molecule has 0 saturated carbocycles. The largest absolute Gasteiger partial charge is 0.493 e. The van der Waals surface area contributed by atoms with Crippen molar-refractivity contribution in [2.75, 3.05) is 19.4 Å². The van der Waals surface area contributed by atoms with Crippen LogP contribution >= 0.6 is 11.8 Å². The molecule has 1 aromatic carbocycles. The smallest absolute Gasteiger partial charge is 0.387 e. The first-order chi connectivity index (χ1) is 12.6. The molecule has 26 heavy (non-hydrogen) atoms. The molecule has 1 aliphatic rings. The van der Waals surface area contributed by atoms with Crippen molar-refractivity contribution in [1.82, 2.24) is 5.32 Å². The first-order valence-electron chi connectivity index (χ1n) is 8.72. The van der Waals surface area contributed by atoms with Gasteiger partial charge >= 0.3 is 6.61 Å². The van der Waals surface area contributed by atoms with Gasteiger partial charge in [0.25, 0.3) is 0 Å². The Morgan fingerprint density at radius 2 is 2.15 bits per heavy atom. The predicted molar refractivity (Wildman–Crippen MR) is 100.0 cm³/mol. The van der Waals surface area contributed by atoms with Gasteiger partial charge < -0.3 is 14.8 Å². The summed E-state index contributed by atoms with van der Waals surface area (Å²) in [5.74, 6) is 1.22. The highest BCUT2D eigenvalue weighted by molar-refractivity contribution is 7.99. The van der Waals surface area contributed by atoms with Gasteiger partial charge in [-0.2, -0.15) is 8.78 Å². The van der Waals surface area contributed by atoms with Gasteiger partial charge in [-0.25, -0.2) is 0 Å². The van der Waals surface area contributed by atoms with Crippen LogP contribution in [0.2, 0.25) is 0 Å². The van der Waals surface area contributed by atoms with E-state index in [1.165, 1.54) is 43.4 Å². The molecule has 144 valence electrons. The minimum Gasteiger partial charge on any atom is -0.493 e. The lowest BCUT2D eigenvalue weighted by atomic mass is 9.97. The fraction of sp³-hybridized carbons (Fsp3) is 0.526. The molecular weight excluding hydrogens is 360 g/mol. The van der Waals surface area contributed by atoms with E-state index in [1.54, 1.807) is 12.1 Å². The number of rotatable bonds is 10. The van der Waals surface area contributed by atoms with Crippen molar-refractivity contribution in [1.29, 1.82) is 0 Å². The third-order valence-electron chi connectivity index (χ3n) is 4.10. The second kappa shape index (κ2) is 11.1. The van der Waals surface area contributed by atoms with E-state index in [4.69, 9.17) is 4.74 Å². The number of benzene rings is 1. The SMILES string of the molecule is COc1cc(CSCC(=O)NCCC2=CCCCC2)ccc1OC(F)F. The molecule has 0 saturated heterocycles. The van der Waals surface area contributed by atoms with E-state index in [0.29, 0.717) is 18.1 Å². The van der Waals surface area contributed by atoms with Gasteiger partial charge in [-0.1, -0.05) is 17.7 Å². The van der Waals surface area contributed by atoms with Crippen LogP contribution in [0.1, 0.15) is 37.7 Å². The highest BCUT2D eigenvalue weighted by atomic mass is 32.2. The topological polar surface area (TPSA) is 47.6 Å². The summed E-state index contributed by atoms with van der Waals surface area (Å²) in [4.78, 5) is 11.9. The zero-order valence-corrected chi connectivity index (χ0v) is 15.7. The average Bonchev–Trinajstić information content (AvgIpc) is 2.63. The van der Waals surface area contributed by atoms with Gasteiger partial charge in [0, 0.05) is 12.3 Å². The number of hydrogen-bond acceptors (Lipinski definition) is 4. The molecule has 0 spiro atoms. The van der Waals surface area contributed by atoms with E-state index >= 15 is 0 Å². The molecule has 0 aromatic heterocycles. The monoisotopic (exact) mass is 385 g/mol. The molecule has 1 aromatic rings. The molecule has 0 fully saturated rings. The summed E-state index contributed by atoms with van der Waals surface area (Å²) in [6.45, 7) is -2.21. The maximum atomic E-state index is 12.3. The van der Waals surface area contributed by atoms with Crippen LogP contribution in [0, 0.1) is 0 Å². The predicted octanol–water partition coefficient (Wildman–Crippen LogP) is 4.54. The van der Waals surface area contributed by atoms with E-state index in [-0.39, 0.29) is 17.4 Å². The summed E-state index contributed by atoms with van der Waals surface area (Å²) in [5.41, 5.74) is 2.33. The standard InChI is InChI=1S/C19H25F2NO3S/c1-24-17-11-15(7-8-16(17)25-19(20)21)12-26-13-18(23)22-10-9-14-5-3-2-4-6-14/h5,7-8,11,19H,2-4,6,9-10,12-13H2,1H3,(H,22,23). The number of nitrogens with one attached hydrogen (secondary N) is 1. The Morgan fingerprint density at radius 1 is 1.31 bits per heavy atom. The van der Waals surface area contributed by atoms with E-state index in [1.807, 2.05) is 0 Å². The molecule has 7 heteroatoms. The van der Waals surface area contributed by atoms with Crippen molar-refractivity contribution in [2.24, 2.45) is 0 Å². The summed E-state index contributed by atoms with van der Waals surface area (Å²) < 4.78 is 34.1. The average molecular weight is 385 g/mol. The Hall–Kier alpha value is -1.76. The van der Waals surface area contributed by atoms with Crippen molar-refractivity contribution in [3.05, 3.63) is 35.4 Å². The molecule has 0 heterocycles. The van der Waals surface area contributed by atoms with Crippen LogP contribution in [0.3, 0.4) is 0 Å². The summed E-state index contributed by atoms with van der Waals surface area (Å²) in [6, 6.07) is 4.80. The minimum atomic E-state index is -2.89. The number of halogens is 2. The van der Waals surface area contributed by atoms with Gasteiger partial charge in [-0.3, -0.25) is 4.79 Å². The van der Waals surface area contributed by atoms with Crippen molar-refractivity contribution >= 4 is 17.7 Å². The minimum absolute atomic E-state index is 0.00557. The lowest BCUT2D eigenvalue weighted by molar-refractivity contribution is -0.118. The molecule has 0 atom stereocenters. The zero-order chi connectivity index (χ0) is 18.8. The summed E-state index contributed by atoms with van der Waals surface area (Å²) >= 11 is 1.47. The molecule has 0 radical (unpaired) electrons. The number of hydrogen-bond donors (Lipinski definition) is 1. The van der Waals surface area contributed by atoms with Crippen LogP contribution in [-0.4, -0.2) is 31.9 Å². The molecule has 2 rings (SSSR count). The molecule has 0 bridgehead atoms. The molecule has 4 nitrogen and oxygen atoms in total. The van der Waals surface area contributed by atoms with Crippen molar-refractivity contribution < 1.29 is 23.0 Å². The van der Waals surface area contributed by atoms with E-state index in [2.05, 4.69) is 16.1 Å². The molecule has 1 amide bonds. The van der Waals surface area contributed by atoms with Gasteiger partial charge in [0.15, 0.2) is 11.5 Å². The fourth-order valence-corrected chi connectivity index (χ4v) is 3.61. The van der Waals surface area contributed by atoms with Gasteiger partial charge in [-0.05, 0) is 49.8 Å². The number of amides is 1. The van der Waals surface area contributed by atoms with Crippen LogP contribution in [0.15, 0.2) is 29.8 Å². The van der Waals surface area contributed by atoms with Crippen molar-refractivity contribution in [3.8, 4) is 11.5 Å². The molecule has 0 aliphatic heterocycles. The van der Waals surface area contributed by atoms with Crippen LogP contribution in [0.5, 0.6) is 11.5 Å². The van der Waals surface area contributed by atoms with Crippen LogP contribution in [0.4, 0.5) is 8.78 Å². The summed E-state index contributed by atoms with van der Waals surface area (Å²) in [7, 11) is 1.40. The Kier molecular flexibility index (Phi) is 8.74. The summed E-state index contributed by atoms with van der Waals surface area (Å²) in [6.07, 6.45) is 8.05. The van der Waals surface area contributed by atoms with E-state index < -0.39 is 6.61 Å². The van der Waals surface area contributed by atoms with Crippen molar-refractivity contribution in [3.63, 3.8) is 0 Å². The molecule has 0 unspecified atom stereocenters. The Morgan fingerprint density at radius 3 is 2.85 bits per heavy atom. The highest BCUT2D eigenvalue weighted by Crippen LogP contribution is 2.30. The number of alkyl halides is 2. The van der Waals surface area contributed by atoms with Gasteiger partial charge in [0.05, 0.1) is 12.9 Å². The second-order valence-electron chi connectivity index (χ2n) is 6.06. The van der Waals surface area contributed by atoms with Crippen molar-refractivity contribution in [2.45, 2.75) is 44.5 Å². The van der Waals surface area contributed by atoms with Gasteiger partial charge in [0.2, 0.25) is 5.91 Å². The van der Waals surface area contributed by atoms with Crippen LogP contribution in [0.25, 0.3) is 0 Å². The van der Waals surface area contributed by atoms with Gasteiger partial charge in [-0.15, -0.1) is 11.8 Å². The summed E-state index contributed by atoms with van der Waals surface area (Å²) in [5, 5.41) is 2.94. The Bertz CT molecular complexity index is 623. The number of thioether (sulfide) groups is 1. The number of allylic oxidation sites excluding steroid dienone is 1. The third-order valence-corrected chi connectivity index (χ3v) is 5.10. The first-order valence-corrected chi connectivity index (χ1v) is 9.88. The van der Waals surface area contributed by atoms with Crippen LogP contribution in [-0.2, 0) is 10.5 Å². The Balaban J connectivity index is 1.69. The maximum Gasteiger partial charge on any atom is 0.387 e. The number of methoxy groups -OCH3 is 1. The fourth-order valence-electron chi connectivity index (χ4n) is 2.80. The quantitative estimate of drug-likeness (QED) is 0.601. The molecular formula is C19H25F2NO3S. The maximum absolute atomic E-state index is 12.3. The normalized spacial score (nSPS) is 14.1. The molecule has 1 aliphatic carbocycles. The molecule has 1 N–H and O–H groups in total. The van der Waals surface area contributed by atoms with E-state index in [0.717, 1.165) is 24.8 Å². The van der Waals surface area contributed by atoms with Crippen LogP contribution < -0.4 is 14.8 Å². The lowest BCUT2D eigenvalue weighted by Crippen LogP contribution is -2.26. The number of carbonyl (C=O) groups excluding carboxylic acids is 1. The number of carbonyl (C=O) groups is 1. The van der Waals surface area contributed by atoms with Gasteiger partial charge in [0.1, 0.15) is 0 Å². The van der Waals surface area contributed by atoms with E-state index in [9.17, 15) is 13.6 Å². The second-order valence-corrected chi connectivity index (χ2v) is 7.05. The number of ether oxygens (including phenoxy) is 2. The highest BCUT2D eigenvalue weighted by Gasteiger charge is 2.11. The third kappa shape index (κ3) is 7.23. The Labute approximate surface area is 157 Å².